The Morgan fingerprint density at radius 3 is 2.76 bits per heavy atom. The largest absolute Gasteiger partial charge is 0.368 e. The number of hydrogen-bond acceptors (Lipinski definition) is 6. The molecular weight excluding hydrogens is 428 g/mol. The highest BCUT2D eigenvalue weighted by Crippen LogP contribution is 2.62. The molecule has 4 rings (SSSR count). The number of sulfonamides is 1. The van der Waals surface area contributed by atoms with Gasteiger partial charge in [0.25, 0.3) is 10.0 Å². The lowest BCUT2D eigenvalue weighted by Gasteiger charge is -2.18. The number of thiophene rings is 1. The zero-order valence-corrected chi connectivity index (χ0v) is 18.8. The number of carbonyl (C=O) groups is 1. The van der Waals surface area contributed by atoms with E-state index in [1.165, 1.54) is 41.9 Å². The van der Waals surface area contributed by atoms with E-state index in [0.29, 0.717) is 11.0 Å². The van der Waals surface area contributed by atoms with Crippen molar-refractivity contribution in [2.75, 3.05) is 19.4 Å². The molecule has 2 aromatic rings. The van der Waals surface area contributed by atoms with Crippen LogP contribution in [0.4, 0.5) is 5.13 Å². The summed E-state index contributed by atoms with van der Waals surface area (Å²) in [5.41, 5.74) is -0.662. The molecule has 1 amide bonds. The third-order valence-corrected chi connectivity index (χ3v) is 9.38. The molecular formula is C19H24N4O3S3. The van der Waals surface area contributed by atoms with E-state index in [4.69, 9.17) is 0 Å². The third kappa shape index (κ3) is 3.97. The summed E-state index contributed by atoms with van der Waals surface area (Å²) < 4.78 is 29.0. The highest BCUT2D eigenvalue weighted by atomic mass is 32.2. The molecule has 1 N–H and O–H groups in total. The fourth-order valence-corrected chi connectivity index (χ4v) is 7.27. The van der Waals surface area contributed by atoms with Crippen molar-refractivity contribution in [3.63, 3.8) is 0 Å². The normalized spacial score (nSPS) is 24.8. The fourth-order valence-electron chi connectivity index (χ4n) is 4.27. The van der Waals surface area contributed by atoms with Gasteiger partial charge in [-0.3, -0.25) is 4.79 Å². The molecule has 0 radical (unpaired) electrons. The zero-order valence-electron chi connectivity index (χ0n) is 16.4. The minimum atomic E-state index is -3.77. The van der Waals surface area contributed by atoms with Gasteiger partial charge in [-0.05, 0) is 30.4 Å². The summed E-state index contributed by atoms with van der Waals surface area (Å²) in [6.07, 6.45) is 8.38. The molecule has 2 aromatic heterocycles. The van der Waals surface area contributed by atoms with E-state index in [2.05, 4.69) is 14.7 Å². The maximum atomic E-state index is 13.3. The van der Waals surface area contributed by atoms with Gasteiger partial charge in [0, 0.05) is 30.5 Å². The molecule has 7 nitrogen and oxygen atoms in total. The predicted molar refractivity (Wildman–Crippen MR) is 116 cm³/mol. The van der Waals surface area contributed by atoms with Gasteiger partial charge in [-0.25, -0.2) is 4.98 Å². The predicted octanol–water partition coefficient (Wildman–Crippen LogP) is 3.57. The van der Waals surface area contributed by atoms with Crippen LogP contribution in [0.15, 0.2) is 32.3 Å². The Morgan fingerprint density at radius 1 is 1.34 bits per heavy atom. The second-order valence-electron chi connectivity index (χ2n) is 7.90. The van der Waals surface area contributed by atoms with Crippen LogP contribution in [0.25, 0.3) is 0 Å². The van der Waals surface area contributed by atoms with Gasteiger partial charge in [-0.2, -0.15) is 8.42 Å². The van der Waals surface area contributed by atoms with Gasteiger partial charge in [0.1, 0.15) is 10.5 Å². The van der Waals surface area contributed by atoms with Gasteiger partial charge in [0.2, 0.25) is 5.91 Å². The number of aromatic nitrogens is 1. The molecule has 0 saturated heterocycles. The van der Waals surface area contributed by atoms with Gasteiger partial charge in [-0.1, -0.05) is 25.7 Å². The van der Waals surface area contributed by atoms with Crippen LogP contribution in [0.2, 0.25) is 0 Å². The van der Waals surface area contributed by atoms with Crippen LogP contribution in [-0.4, -0.2) is 44.6 Å². The first-order valence-electron chi connectivity index (χ1n) is 9.61. The van der Waals surface area contributed by atoms with Gasteiger partial charge in [0.15, 0.2) is 5.13 Å². The maximum absolute atomic E-state index is 13.3. The first-order valence-corrected chi connectivity index (χ1v) is 12.7. The second kappa shape index (κ2) is 7.81. The molecule has 2 aliphatic carbocycles. The van der Waals surface area contributed by atoms with Crippen molar-refractivity contribution in [2.24, 2.45) is 16.2 Å². The minimum absolute atomic E-state index is 0.0769. The highest BCUT2D eigenvalue weighted by Gasteiger charge is 2.64. The van der Waals surface area contributed by atoms with Crippen molar-refractivity contribution in [1.29, 1.82) is 0 Å². The third-order valence-electron chi connectivity index (χ3n) is 5.73. The van der Waals surface area contributed by atoms with Crippen LogP contribution in [0.3, 0.4) is 0 Å². The topological polar surface area (TPSA) is 91.7 Å². The number of nitrogens with zero attached hydrogens (tertiary/aromatic N) is 3. The standard InChI is InChI=1S/C19H24N4O3S3/c1-23(2)12-21-29(25,26)16-8-7-15(28-16)19(11-14(19)13-5-3-4-6-13)17(24)22-18-20-9-10-27-18/h7-10,12-14H,3-6,11H2,1-2H3,(H,20,22,24)/b21-12-. The summed E-state index contributed by atoms with van der Waals surface area (Å²) in [5.74, 6) is 0.697. The van der Waals surface area contributed by atoms with Crippen molar-refractivity contribution in [1.82, 2.24) is 9.88 Å². The Labute approximate surface area is 178 Å². The van der Waals surface area contributed by atoms with Crippen LogP contribution in [0.5, 0.6) is 0 Å². The van der Waals surface area contributed by atoms with E-state index >= 15 is 0 Å². The lowest BCUT2D eigenvalue weighted by molar-refractivity contribution is -0.119. The summed E-state index contributed by atoms with van der Waals surface area (Å²) in [4.78, 5) is 19.9. The van der Waals surface area contributed by atoms with Gasteiger partial charge < -0.3 is 10.2 Å². The minimum Gasteiger partial charge on any atom is -0.368 e. The Balaban J connectivity index is 1.64. The van der Waals surface area contributed by atoms with E-state index in [-0.39, 0.29) is 16.0 Å². The summed E-state index contributed by atoms with van der Waals surface area (Å²) in [7, 11) is -0.344. The van der Waals surface area contributed by atoms with E-state index in [1.807, 2.05) is 5.38 Å². The molecule has 29 heavy (non-hydrogen) atoms. The van der Waals surface area contributed by atoms with Crippen LogP contribution in [-0.2, 0) is 20.2 Å². The molecule has 2 unspecified atom stereocenters. The quantitative estimate of drug-likeness (QED) is 0.512. The Morgan fingerprint density at radius 2 is 2.10 bits per heavy atom. The second-order valence-corrected chi connectivity index (χ2v) is 11.7. The van der Waals surface area contributed by atoms with Crippen molar-refractivity contribution in [3.8, 4) is 0 Å². The molecule has 0 aromatic carbocycles. The molecule has 10 heteroatoms. The van der Waals surface area contributed by atoms with Gasteiger partial charge in [-0.15, -0.1) is 27.1 Å². The molecule has 2 aliphatic rings. The monoisotopic (exact) mass is 452 g/mol. The number of nitrogens with one attached hydrogen (secondary N) is 1. The molecule has 0 spiro atoms. The average molecular weight is 453 g/mol. The number of anilines is 1. The van der Waals surface area contributed by atoms with E-state index < -0.39 is 15.4 Å². The van der Waals surface area contributed by atoms with Crippen molar-refractivity contribution >= 4 is 50.1 Å². The van der Waals surface area contributed by atoms with Crippen LogP contribution < -0.4 is 5.32 Å². The molecule has 2 atom stereocenters. The molecule has 0 aliphatic heterocycles. The smallest absolute Gasteiger partial charge is 0.293 e. The number of rotatable bonds is 7. The first kappa shape index (κ1) is 20.5. The molecule has 2 fully saturated rings. The SMILES string of the molecule is CN(C)/C=N\S(=O)(=O)c1ccc(C2(C(=O)Nc3nccs3)CC2C2CCCC2)s1. The number of hydrogen-bond donors (Lipinski definition) is 1. The van der Waals surface area contributed by atoms with Crippen molar-refractivity contribution in [2.45, 2.75) is 41.7 Å². The lowest BCUT2D eigenvalue weighted by Crippen LogP contribution is -2.30. The lowest BCUT2D eigenvalue weighted by atomic mass is 9.91. The average Bonchev–Trinajstić information content (AvgIpc) is 3.21. The van der Waals surface area contributed by atoms with E-state index in [0.717, 1.165) is 24.1 Å². The number of carbonyl (C=O) groups excluding carboxylic acids is 1. The van der Waals surface area contributed by atoms with Crippen molar-refractivity contribution in [3.05, 3.63) is 28.6 Å². The summed E-state index contributed by atoms with van der Waals surface area (Å²) in [5, 5.41) is 5.35. The maximum Gasteiger partial charge on any atom is 0.293 e. The molecule has 0 bridgehead atoms. The summed E-state index contributed by atoms with van der Waals surface area (Å²) >= 11 is 2.55. The van der Waals surface area contributed by atoms with E-state index in [1.54, 1.807) is 37.3 Å². The highest BCUT2D eigenvalue weighted by molar-refractivity contribution is 7.92. The van der Waals surface area contributed by atoms with Gasteiger partial charge >= 0.3 is 0 Å². The van der Waals surface area contributed by atoms with Crippen LogP contribution in [0.1, 0.15) is 37.0 Å². The van der Waals surface area contributed by atoms with Gasteiger partial charge in [0.05, 0.1) is 5.41 Å². The van der Waals surface area contributed by atoms with Crippen LogP contribution >= 0.6 is 22.7 Å². The zero-order chi connectivity index (χ0) is 20.6. The Kier molecular flexibility index (Phi) is 5.52. The molecule has 2 heterocycles. The Hall–Kier alpha value is -1.78. The Bertz CT molecular complexity index is 1010. The number of thiazole rings is 1. The molecule has 156 valence electrons. The van der Waals surface area contributed by atoms with Crippen molar-refractivity contribution < 1.29 is 13.2 Å². The number of amides is 1. The fraction of sp³-hybridized carbons (Fsp3) is 0.526. The summed E-state index contributed by atoms with van der Waals surface area (Å²) in [6.45, 7) is 0. The summed E-state index contributed by atoms with van der Waals surface area (Å²) in [6, 6.07) is 3.36. The van der Waals surface area contributed by atoms with Crippen LogP contribution in [0, 0.1) is 11.8 Å². The first-order chi connectivity index (χ1) is 13.8. The van der Waals surface area contributed by atoms with E-state index in [9.17, 15) is 13.2 Å². The molecule has 2 saturated carbocycles.